The number of hydrogen-bond donors (Lipinski definition) is 2. The van der Waals surface area contributed by atoms with Crippen LogP contribution in [0.5, 0.6) is 5.75 Å². The molecule has 0 aliphatic heterocycles. The number of carbonyl (C=O) groups excluding carboxylic acids is 1. The van der Waals surface area contributed by atoms with Gasteiger partial charge in [-0.15, -0.1) is 10.2 Å². The summed E-state index contributed by atoms with van der Waals surface area (Å²) in [5.41, 5.74) is 0.589. The molecule has 0 radical (unpaired) electrons. The van der Waals surface area contributed by atoms with Crippen molar-refractivity contribution in [3.63, 3.8) is 0 Å². The summed E-state index contributed by atoms with van der Waals surface area (Å²) in [6.07, 6.45) is 0. The first-order valence-electron chi connectivity index (χ1n) is 7.82. The van der Waals surface area contributed by atoms with E-state index in [1.54, 1.807) is 19.1 Å². The molecule has 27 heavy (non-hydrogen) atoms. The average Bonchev–Trinajstić information content (AvgIpc) is 3.11. The first-order chi connectivity index (χ1) is 12.9. The van der Waals surface area contributed by atoms with E-state index in [0.717, 1.165) is 11.3 Å². The largest absolute Gasteiger partial charge is 0.508 e. The monoisotopic (exact) mass is 405 g/mol. The molecule has 0 bridgehead atoms. The lowest BCUT2D eigenvalue weighted by molar-refractivity contribution is 0.0525. The number of phenolic OH excluding ortho intramolecular Hbond substituents is 1. The number of esters is 1. The van der Waals surface area contributed by atoms with Crippen LogP contribution in [-0.2, 0) is 14.6 Å². The molecular formula is C17H15N3O5S2. The van der Waals surface area contributed by atoms with Gasteiger partial charge in [-0.1, -0.05) is 11.3 Å². The van der Waals surface area contributed by atoms with Crippen LogP contribution in [0.3, 0.4) is 0 Å². The summed E-state index contributed by atoms with van der Waals surface area (Å²) in [5, 5.41) is 20.4. The number of anilines is 2. The Bertz CT molecular complexity index is 1040. The number of aromatic hydroxyl groups is 1. The van der Waals surface area contributed by atoms with Gasteiger partial charge in [0.25, 0.3) is 0 Å². The molecule has 0 saturated heterocycles. The van der Waals surface area contributed by atoms with Crippen LogP contribution < -0.4 is 5.32 Å². The van der Waals surface area contributed by atoms with Gasteiger partial charge >= 0.3 is 5.97 Å². The van der Waals surface area contributed by atoms with Crippen molar-refractivity contribution in [1.29, 1.82) is 0 Å². The molecule has 0 saturated carbocycles. The summed E-state index contributed by atoms with van der Waals surface area (Å²) in [6.45, 7) is 1.95. The lowest BCUT2D eigenvalue weighted by Gasteiger charge is -2.06. The van der Waals surface area contributed by atoms with Crippen molar-refractivity contribution in [2.75, 3.05) is 11.9 Å². The molecule has 2 aromatic carbocycles. The smallest absolute Gasteiger partial charge is 0.369 e. The van der Waals surface area contributed by atoms with Gasteiger partial charge in [0, 0.05) is 5.69 Å². The summed E-state index contributed by atoms with van der Waals surface area (Å²) in [4.78, 5) is 11.8. The molecular weight excluding hydrogens is 390 g/mol. The van der Waals surface area contributed by atoms with Gasteiger partial charge < -0.3 is 15.2 Å². The van der Waals surface area contributed by atoms with Gasteiger partial charge in [0.1, 0.15) is 5.75 Å². The number of nitrogens with one attached hydrogen (secondary N) is 1. The van der Waals surface area contributed by atoms with Crippen LogP contribution in [0.4, 0.5) is 10.8 Å². The third-order valence-corrected chi connectivity index (χ3v) is 6.04. The normalized spacial score (nSPS) is 11.1. The predicted molar refractivity (Wildman–Crippen MR) is 99.1 cm³/mol. The van der Waals surface area contributed by atoms with Gasteiger partial charge in [-0.25, -0.2) is 13.2 Å². The third-order valence-electron chi connectivity index (χ3n) is 3.44. The average molecular weight is 405 g/mol. The standard InChI is InChI=1S/C17H15N3O5S2/c1-2-25-16(22)15-19-20-17(26-15)18-11-3-7-13(8-4-11)27(23,24)14-9-5-12(21)6-10-14/h3-10,21H,2H2,1H3,(H,18,20). The van der Waals surface area contributed by atoms with E-state index in [1.807, 2.05) is 0 Å². The number of aromatic nitrogens is 2. The summed E-state index contributed by atoms with van der Waals surface area (Å²) >= 11 is 1.03. The Kier molecular flexibility index (Phi) is 5.38. The summed E-state index contributed by atoms with van der Waals surface area (Å²) in [5.74, 6) is -0.550. The molecule has 0 amide bonds. The van der Waals surface area contributed by atoms with Gasteiger partial charge in [-0.05, 0) is 55.5 Å². The predicted octanol–water partition coefficient (Wildman–Crippen LogP) is 3.00. The van der Waals surface area contributed by atoms with Crippen molar-refractivity contribution in [2.45, 2.75) is 16.7 Å². The fourth-order valence-electron chi connectivity index (χ4n) is 2.15. The van der Waals surface area contributed by atoms with Gasteiger partial charge in [-0.2, -0.15) is 0 Å². The molecule has 0 unspecified atom stereocenters. The van der Waals surface area contributed by atoms with E-state index in [-0.39, 0.29) is 27.2 Å². The number of benzene rings is 2. The second-order valence-corrected chi connectivity index (χ2v) is 8.21. The van der Waals surface area contributed by atoms with Crippen LogP contribution in [0.15, 0.2) is 58.3 Å². The highest BCUT2D eigenvalue weighted by molar-refractivity contribution is 7.91. The molecule has 0 aliphatic carbocycles. The molecule has 2 N–H and O–H groups in total. The minimum absolute atomic E-state index is 0.00672. The van der Waals surface area contributed by atoms with Crippen LogP contribution in [0.2, 0.25) is 0 Å². The zero-order chi connectivity index (χ0) is 19.4. The topological polar surface area (TPSA) is 118 Å². The van der Waals surface area contributed by atoms with Crippen molar-refractivity contribution in [1.82, 2.24) is 10.2 Å². The number of ether oxygens (including phenoxy) is 1. The van der Waals surface area contributed by atoms with Gasteiger partial charge in [0.2, 0.25) is 20.0 Å². The maximum atomic E-state index is 12.6. The number of carbonyl (C=O) groups is 1. The lowest BCUT2D eigenvalue weighted by atomic mass is 10.3. The Morgan fingerprint density at radius 3 is 2.26 bits per heavy atom. The summed E-state index contributed by atoms with van der Waals surface area (Å²) in [7, 11) is -3.68. The Balaban J connectivity index is 1.76. The van der Waals surface area contributed by atoms with Crippen LogP contribution in [0.25, 0.3) is 0 Å². The van der Waals surface area contributed by atoms with E-state index in [1.165, 1.54) is 36.4 Å². The fraction of sp³-hybridized carbons (Fsp3) is 0.118. The molecule has 0 aliphatic rings. The minimum atomic E-state index is -3.68. The van der Waals surface area contributed by atoms with Crippen molar-refractivity contribution in [3.05, 3.63) is 53.5 Å². The van der Waals surface area contributed by atoms with Crippen LogP contribution in [-0.4, -0.2) is 36.3 Å². The Morgan fingerprint density at radius 1 is 1.07 bits per heavy atom. The fourth-order valence-corrected chi connectivity index (χ4v) is 4.07. The maximum Gasteiger partial charge on any atom is 0.369 e. The van der Waals surface area contributed by atoms with E-state index in [9.17, 15) is 18.3 Å². The zero-order valence-electron chi connectivity index (χ0n) is 14.1. The maximum absolute atomic E-state index is 12.6. The molecule has 3 aromatic rings. The molecule has 10 heteroatoms. The third kappa shape index (κ3) is 4.23. The number of hydrogen-bond acceptors (Lipinski definition) is 9. The van der Waals surface area contributed by atoms with E-state index < -0.39 is 15.8 Å². The van der Waals surface area contributed by atoms with E-state index in [4.69, 9.17) is 4.74 Å². The zero-order valence-corrected chi connectivity index (χ0v) is 15.8. The first kappa shape index (κ1) is 18.8. The molecule has 140 valence electrons. The van der Waals surface area contributed by atoms with Crippen LogP contribution >= 0.6 is 11.3 Å². The minimum Gasteiger partial charge on any atom is -0.508 e. The van der Waals surface area contributed by atoms with Crippen molar-refractivity contribution < 1.29 is 23.1 Å². The van der Waals surface area contributed by atoms with Crippen LogP contribution in [0.1, 0.15) is 16.7 Å². The Hall–Kier alpha value is -2.98. The summed E-state index contributed by atoms with van der Waals surface area (Å²) in [6, 6.07) is 11.4. The molecule has 1 aromatic heterocycles. The second kappa shape index (κ2) is 7.72. The van der Waals surface area contributed by atoms with E-state index in [2.05, 4.69) is 15.5 Å². The molecule has 0 atom stereocenters. The second-order valence-electron chi connectivity index (χ2n) is 5.28. The summed E-state index contributed by atoms with van der Waals surface area (Å²) < 4.78 is 30.0. The number of sulfone groups is 1. The van der Waals surface area contributed by atoms with Crippen molar-refractivity contribution >= 4 is 38.0 Å². The van der Waals surface area contributed by atoms with E-state index >= 15 is 0 Å². The Labute approximate surface area is 159 Å². The number of rotatable bonds is 6. The quantitative estimate of drug-likeness (QED) is 0.601. The number of nitrogens with zero attached hydrogens (tertiary/aromatic N) is 2. The van der Waals surface area contributed by atoms with Gasteiger partial charge in [0.05, 0.1) is 16.4 Å². The molecule has 1 heterocycles. The molecule has 3 rings (SSSR count). The molecule has 0 fully saturated rings. The SMILES string of the molecule is CCOC(=O)c1nnc(Nc2ccc(S(=O)(=O)c3ccc(O)cc3)cc2)s1. The number of phenols is 1. The van der Waals surface area contributed by atoms with Gasteiger partial charge in [0.15, 0.2) is 0 Å². The van der Waals surface area contributed by atoms with Crippen LogP contribution in [0, 0.1) is 0 Å². The van der Waals surface area contributed by atoms with Gasteiger partial charge in [-0.3, -0.25) is 0 Å². The van der Waals surface area contributed by atoms with Crippen molar-refractivity contribution in [2.24, 2.45) is 0 Å². The Morgan fingerprint density at radius 2 is 1.67 bits per heavy atom. The highest BCUT2D eigenvalue weighted by atomic mass is 32.2. The molecule has 0 spiro atoms. The highest BCUT2D eigenvalue weighted by Gasteiger charge is 2.18. The highest BCUT2D eigenvalue weighted by Crippen LogP contribution is 2.26. The first-order valence-corrected chi connectivity index (χ1v) is 10.1. The molecule has 8 nitrogen and oxygen atoms in total. The van der Waals surface area contributed by atoms with E-state index in [0.29, 0.717) is 10.8 Å². The lowest BCUT2D eigenvalue weighted by Crippen LogP contribution is -2.03. The van der Waals surface area contributed by atoms with Crippen molar-refractivity contribution in [3.8, 4) is 5.75 Å².